The maximum Gasteiger partial charge on any atom is 0.129 e. The summed E-state index contributed by atoms with van der Waals surface area (Å²) in [5.41, 5.74) is 6.79. The van der Waals surface area contributed by atoms with E-state index in [0.29, 0.717) is 10.6 Å². The highest BCUT2D eigenvalue weighted by Gasteiger charge is 2.45. The first-order valence-electron chi connectivity index (χ1n) is 6.99. The summed E-state index contributed by atoms with van der Waals surface area (Å²) in [6.07, 6.45) is 4.14. The molecule has 1 aromatic rings. The smallest absolute Gasteiger partial charge is 0.129 e. The maximum absolute atomic E-state index is 14.3. The van der Waals surface area contributed by atoms with E-state index in [1.54, 1.807) is 12.1 Å². The largest absolute Gasteiger partial charge is 0.321 e. The zero-order valence-electron chi connectivity index (χ0n) is 12.0. The fraction of sp³-hybridized carbons (Fsp3) is 0.625. The Bertz CT molecular complexity index is 466. The van der Waals surface area contributed by atoms with Gasteiger partial charge in [0.25, 0.3) is 0 Å². The van der Waals surface area contributed by atoms with Crippen molar-refractivity contribution in [1.82, 2.24) is 0 Å². The summed E-state index contributed by atoms with van der Waals surface area (Å²) >= 11 is 5.85. The molecule has 2 atom stereocenters. The highest BCUT2D eigenvalue weighted by atomic mass is 35.5. The minimum Gasteiger partial charge on any atom is -0.321 e. The second-order valence-electron chi connectivity index (χ2n) is 6.83. The molecular weight excluding hydrogens is 261 g/mol. The van der Waals surface area contributed by atoms with Crippen molar-refractivity contribution >= 4 is 11.6 Å². The first-order valence-corrected chi connectivity index (χ1v) is 7.37. The van der Waals surface area contributed by atoms with Gasteiger partial charge in [-0.1, -0.05) is 51.3 Å². The summed E-state index contributed by atoms with van der Waals surface area (Å²) in [6.45, 7) is 6.58. The molecule has 0 saturated heterocycles. The molecule has 0 aliphatic heterocycles. The summed E-state index contributed by atoms with van der Waals surface area (Å²) in [6, 6.07) is 4.88. The van der Waals surface area contributed by atoms with Crippen LogP contribution in [0, 0.1) is 17.2 Å². The fourth-order valence-electron chi connectivity index (χ4n) is 3.59. The van der Waals surface area contributed by atoms with Gasteiger partial charge in [0.1, 0.15) is 5.82 Å². The topological polar surface area (TPSA) is 26.0 Å². The number of hydrogen-bond donors (Lipinski definition) is 1. The predicted octanol–water partition coefficient (Wildman–Crippen LogP) is 4.87. The number of hydrogen-bond acceptors (Lipinski definition) is 1. The normalized spacial score (nSPS) is 28.4. The Morgan fingerprint density at radius 1 is 1.32 bits per heavy atom. The van der Waals surface area contributed by atoms with Crippen LogP contribution in [0.1, 0.15) is 52.0 Å². The Balaban J connectivity index is 2.48. The van der Waals surface area contributed by atoms with Crippen molar-refractivity contribution < 1.29 is 4.39 Å². The first kappa shape index (κ1) is 14.8. The quantitative estimate of drug-likeness (QED) is 0.782. The van der Waals surface area contributed by atoms with Gasteiger partial charge in [-0.3, -0.25) is 0 Å². The lowest BCUT2D eigenvalue weighted by molar-refractivity contribution is 0.0752. The van der Waals surface area contributed by atoms with Crippen LogP contribution in [0.4, 0.5) is 4.39 Å². The van der Waals surface area contributed by atoms with Crippen molar-refractivity contribution in [1.29, 1.82) is 0 Å². The van der Waals surface area contributed by atoms with E-state index in [2.05, 4.69) is 20.8 Å². The predicted molar refractivity (Wildman–Crippen MR) is 78.7 cm³/mol. The summed E-state index contributed by atoms with van der Waals surface area (Å²) in [5.74, 6) is 0.00979. The Morgan fingerprint density at radius 2 is 2.00 bits per heavy atom. The lowest BCUT2D eigenvalue weighted by Gasteiger charge is -2.48. The van der Waals surface area contributed by atoms with Crippen LogP contribution in [-0.4, -0.2) is 0 Å². The second-order valence-corrected chi connectivity index (χ2v) is 7.27. The van der Waals surface area contributed by atoms with E-state index in [9.17, 15) is 4.39 Å². The van der Waals surface area contributed by atoms with Gasteiger partial charge in [-0.25, -0.2) is 4.39 Å². The number of rotatable bonds is 1. The van der Waals surface area contributed by atoms with E-state index in [1.807, 2.05) is 0 Å². The molecule has 3 heteroatoms. The van der Waals surface area contributed by atoms with E-state index in [-0.39, 0.29) is 17.2 Å². The lowest BCUT2D eigenvalue weighted by atomic mass is 9.60. The molecule has 2 unspecified atom stereocenters. The Morgan fingerprint density at radius 3 is 2.58 bits per heavy atom. The summed E-state index contributed by atoms with van der Waals surface area (Å²) in [7, 11) is 0. The van der Waals surface area contributed by atoms with Crippen LogP contribution < -0.4 is 5.73 Å². The van der Waals surface area contributed by atoms with Crippen molar-refractivity contribution in [3.05, 3.63) is 34.6 Å². The highest BCUT2D eigenvalue weighted by molar-refractivity contribution is 6.30. The van der Waals surface area contributed by atoms with E-state index in [1.165, 1.54) is 12.5 Å². The minimum atomic E-state index is -0.578. The van der Waals surface area contributed by atoms with Gasteiger partial charge in [-0.15, -0.1) is 0 Å². The fourth-order valence-corrected chi connectivity index (χ4v) is 3.75. The van der Waals surface area contributed by atoms with Crippen molar-refractivity contribution in [2.45, 2.75) is 52.0 Å². The molecule has 1 aliphatic rings. The van der Waals surface area contributed by atoms with Crippen molar-refractivity contribution in [3.63, 3.8) is 0 Å². The second kappa shape index (κ2) is 5.06. The van der Waals surface area contributed by atoms with E-state index >= 15 is 0 Å². The SMILES string of the molecule is CC(C)(C)C1CCCCC1(N)c1ccc(Cl)cc1F. The van der Waals surface area contributed by atoms with E-state index in [0.717, 1.165) is 19.3 Å². The third kappa shape index (κ3) is 2.80. The van der Waals surface area contributed by atoms with Crippen LogP contribution in [0.15, 0.2) is 18.2 Å². The number of benzene rings is 1. The summed E-state index contributed by atoms with van der Waals surface area (Å²) in [5, 5.41) is 0.424. The van der Waals surface area contributed by atoms with Crippen LogP contribution >= 0.6 is 11.6 Å². The van der Waals surface area contributed by atoms with Gasteiger partial charge in [-0.2, -0.15) is 0 Å². The third-order valence-electron chi connectivity index (χ3n) is 4.43. The Kier molecular flexibility index (Phi) is 3.95. The van der Waals surface area contributed by atoms with Crippen molar-refractivity contribution in [2.24, 2.45) is 17.1 Å². The summed E-state index contributed by atoms with van der Waals surface area (Å²) < 4.78 is 14.3. The van der Waals surface area contributed by atoms with Crippen molar-refractivity contribution in [3.8, 4) is 0 Å². The minimum absolute atomic E-state index is 0.0707. The molecule has 0 heterocycles. The van der Waals surface area contributed by atoms with Gasteiger partial charge < -0.3 is 5.73 Å². The number of nitrogens with two attached hydrogens (primary N) is 1. The van der Waals surface area contributed by atoms with Gasteiger partial charge in [0.05, 0.1) is 0 Å². The molecule has 2 N–H and O–H groups in total. The molecule has 106 valence electrons. The summed E-state index contributed by atoms with van der Waals surface area (Å²) in [4.78, 5) is 0. The van der Waals surface area contributed by atoms with E-state index < -0.39 is 5.54 Å². The molecule has 1 fully saturated rings. The monoisotopic (exact) mass is 283 g/mol. The first-order chi connectivity index (χ1) is 8.75. The molecule has 0 radical (unpaired) electrons. The molecule has 1 aliphatic carbocycles. The molecule has 0 bridgehead atoms. The number of halogens is 2. The van der Waals surface area contributed by atoms with Crippen LogP contribution in [0.25, 0.3) is 0 Å². The molecular formula is C16H23ClFN. The molecule has 1 saturated carbocycles. The van der Waals surface area contributed by atoms with Gasteiger partial charge in [0, 0.05) is 16.1 Å². The molecule has 1 nitrogen and oxygen atoms in total. The van der Waals surface area contributed by atoms with Gasteiger partial charge in [0.2, 0.25) is 0 Å². The standard InChI is InChI=1S/C16H23ClFN/c1-15(2,3)14-6-4-5-9-16(14,19)12-8-7-11(17)10-13(12)18/h7-8,10,14H,4-6,9,19H2,1-3H3. The maximum atomic E-state index is 14.3. The van der Waals surface area contributed by atoms with Gasteiger partial charge in [-0.05, 0) is 36.3 Å². The highest BCUT2D eigenvalue weighted by Crippen LogP contribution is 2.48. The Labute approximate surface area is 120 Å². The third-order valence-corrected chi connectivity index (χ3v) is 4.67. The zero-order chi connectivity index (χ0) is 14.3. The molecule has 0 spiro atoms. The zero-order valence-corrected chi connectivity index (χ0v) is 12.7. The molecule has 2 rings (SSSR count). The lowest BCUT2D eigenvalue weighted by Crippen LogP contribution is -2.51. The molecule has 19 heavy (non-hydrogen) atoms. The van der Waals surface area contributed by atoms with Gasteiger partial charge >= 0.3 is 0 Å². The average Bonchev–Trinajstić information content (AvgIpc) is 2.27. The molecule has 1 aromatic carbocycles. The van der Waals surface area contributed by atoms with E-state index in [4.69, 9.17) is 17.3 Å². The van der Waals surface area contributed by atoms with Gasteiger partial charge in [0.15, 0.2) is 0 Å². The van der Waals surface area contributed by atoms with Crippen LogP contribution in [-0.2, 0) is 5.54 Å². The molecule has 0 amide bonds. The van der Waals surface area contributed by atoms with Crippen LogP contribution in [0.3, 0.4) is 0 Å². The average molecular weight is 284 g/mol. The van der Waals surface area contributed by atoms with Crippen LogP contribution in [0.2, 0.25) is 5.02 Å². The van der Waals surface area contributed by atoms with Crippen LogP contribution in [0.5, 0.6) is 0 Å². The molecule has 0 aromatic heterocycles. The van der Waals surface area contributed by atoms with Crippen molar-refractivity contribution in [2.75, 3.05) is 0 Å². The Hall–Kier alpha value is -0.600.